The van der Waals surface area contributed by atoms with Crippen molar-refractivity contribution in [2.45, 2.75) is 116 Å². The van der Waals surface area contributed by atoms with Gasteiger partial charge in [0.2, 0.25) is 17.7 Å². The van der Waals surface area contributed by atoms with Crippen LogP contribution in [0.3, 0.4) is 0 Å². The first-order valence-electron chi connectivity index (χ1n) is 12.2. The molecule has 0 aliphatic heterocycles. The second-order valence-corrected chi connectivity index (χ2v) is 8.49. The van der Waals surface area contributed by atoms with Crippen LogP contribution in [0.2, 0.25) is 0 Å². The lowest BCUT2D eigenvalue weighted by Gasteiger charge is -2.24. The molecule has 0 heterocycles. The van der Waals surface area contributed by atoms with Gasteiger partial charge in [0.25, 0.3) is 0 Å². The van der Waals surface area contributed by atoms with Crippen molar-refractivity contribution in [3.8, 4) is 0 Å². The number of aliphatic carboxylic acids is 2. The van der Waals surface area contributed by atoms with E-state index in [0.717, 1.165) is 19.3 Å². The molecular weight excluding hydrogens is 444 g/mol. The number of carboxylic acids is 2. The summed E-state index contributed by atoms with van der Waals surface area (Å²) in [5, 5.41) is 26.1. The molecule has 0 aliphatic rings. The number of nitrogens with two attached hydrogens (primary N) is 1. The minimum atomic E-state index is -1.21. The Kier molecular flexibility index (Phi) is 16.3. The first-order valence-corrected chi connectivity index (χ1v) is 12.2. The summed E-state index contributed by atoms with van der Waals surface area (Å²) in [4.78, 5) is 60.4. The van der Waals surface area contributed by atoms with Crippen molar-refractivity contribution >= 4 is 29.7 Å². The fourth-order valence-electron chi connectivity index (χ4n) is 3.24. The molecule has 0 spiro atoms. The Morgan fingerprint density at radius 1 is 0.647 bits per heavy atom. The van der Waals surface area contributed by atoms with Crippen LogP contribution in [0.25, 0.3) is 0 Å². The summed E-state index contributed by atoms with van der Waals surface area (Å²) in [6.07, 6.45) is 5.01. The van der Waals surface area contributed by atoms with E-state index in [1.54, 1.807) is 0 Å². The van der Waals surface area contributed by atoms with Gasteiger partial charge in [-0.3, -0.25) is 19.2 Å². The topological polar surface area (TPSA) is 188 Å². The first kappa shape index (κ1) is 31.3. The Bertz CT molecular complexity index is 672. The molecule has 0 saturated carbocycles. The summed E-state index contributed by atoms with van der Waals surface area (Å²) in [5.74, 6) is -3.96. The summed E-state index contributed by atoms with van der Waals surface area (Å²) in [6.45, 7) is 5.79. The molecule has 11 heteroatoms. The Morgan fingerprint density at radius 3 is 1.47 bits per heavy atom. The van der Waals surface area contributed by atoms with Crippen molar-refractivity contribution in [1.29, 1.82) is 0 Å². The van der Waals surface area contributed by atoms with E-state index in [2.05, 4.69) is 16.0 Å². The van der Waals surface area contributed by atoms with Gasteiger partial charge in [-0.05, 0) is 25.7 Å². The Hall–Kier alpha value is -2.69. The van der Waals surface area contributed by atoms with Crippen LogP contribution in [0.4, 0.5) is 0 Å². The van der Waals surface area contributed by atoms with Crippen molar-refractivity contribution in [2.24, 2.45) is 5.73 Å². The quantitative estimate of drug-likeness (QED) is 0.157. The van der Waals surface area contributed by atoms with E-state index in [1.807, 2.05) is 20.8 Å². The lowest BCUT2D eigenvalue weighted by atomic mass is 10.0. The number of nitrogens with one attached hydrogen (secondary N) is 3. The highest BCUT2D eigenvalue weighted by Gasteiger charge is 2.29. The third-order valence-corrected chi connectivity index (χ3v) is 5.44. The molecule has 11 nitrogen and oxygen atoms in total. The van der Waals surface area contributed by atoms with E-state index in [1.165, 1.54) is 0 Å². The molecule has 196 valence electrons. The molecule has 0 saturated heterocycles. The number of carbonyl (C=O) groups is 5. The molecular formula is C23H42N4O7. The summed E-state index contributed by atoms with van der Waals surface area (Å²) >= 11 is 0. The summed E-state index contributed by atoms with van der Waals surface area (Å²) in [6, 6.07) is -4.05. The molecule has 0 aromatic carbocycles. The fourth-order valence-corrected chi connectivity index (χ4v) is 3.24. The van der Waals surface area contributed by atoms with E-state index in [0.29, 0.717) is 38.5 Å². The van der Waals surface area contributed by atoms with Crippen molar-refractivity contribution in [3.63, 3.8) is 0 Å². The van der Waals surface area contributed by atoms with E-state index in [9.17, 15) is 29.1 Å². The lowest BCUT2D eigenvalue weighted by molar-refractivity contribution is -0.142. The lowest BCUT2D eigenvalue weighted by Crippen LogP contribution is -2.55. The maximum Gasteiger partial charge on any atom is 0.326 e. The van der Waals surface area contributed by atoms with Crippen LogP contribution in [0.15, 0.2) is 0 Å². The Morgan fingerprint density at radius 2 is 1.06 bits per heavy atom. The summed E-state index contributed by atoms with van der Waals surface area (Å²) in [7, 11) is 0. The zero-order chi connectivity index (χ0) is 26.1. The van der Waals surface area contributed by atoms with Crippen LogP contribution in [0.5, 0.6) is 0 Å². The standard InChI is InChI=1S/C23H42N4O7/c1-4-7-10-16(25-19(28)14-13-15(24)22(31)32)20(29)26-17(11-8-5-2)21(30)27-18(23(33)34)12-9-6-3/h15-18H,4-14,24H2,1-3H3,(H,25,28)(H,26,29)(H,27,30)(H,31,32)(H,33,34)/t15-,16-,17-,18-/m0/s1. The van der Waals surface area contributed by atoms with E-state index in [4.69, 9.17) is 10.8 Å². The second kappa shape index (κ2) is 17.7. The highest BCUT2D eigenvalue weighted by molar-refractivity contribution is 5.93. The average molecular weight is 487 g/mol. The van der Waals surface area contributed by atoms with Crippen molar-refractivity contribution in [3.05, 3.63) is 0 Å². The molecule has 34 heavy (non-hydrogen) atoms. The largest absolute Gasteiger partial charge is 0.480 e. The number of carbonyl (C=O) groups excluding carboxylic acids is 3. The molecule has 4 atom stereocenters. The first-order chi connectivity index (χ1) is 16.1. The summed E-state index contributed by atoms with van der Waals surface area (Å²) in [5.41, 5.74) is 5.43. The van der Waals surface area contributed by atoms with Gasteiger partial charge >= 0.3 is 11.9 Å². The molecule has 0 rings (SSSR count). The smallest absolute Gasteiger partial charge is 0.326 e. The van der Waals surface area contributed by atoms with Gasteiger partial charge in [0, 0.05) is 6.42 Å². The van der Waals surface area contributed by atoms with E-state index >= 15 is 0 Å². The zero-order valence-corrected chi connectivity index (χ0v) is 20.6. The minimum absolute atomic E-state index is 0.0703. The predicted molar refractivity (Wildman–Crippen MR) is 127 cm³/mol. The molecule has 0 aliphatic carbocycles. The molecule has 0 unspecified atom stereocenters. The monoisotopic (exact) mass is 486 g/mol. The molecule has 0 aromatic heterocycles. The third-order valence-electron chi connectivity index (χ3n) is 5.44. The molecule has 0 radical (unpaired) electrons. The van der Waals surface area contributed by atoms with Crippen LogP contribution in [-0.2, 0) is 24.0 Å². The van der Waals surface area contributed by atoms with Gasteiger partial charge < -0.3 is 31.9 Å². The van der Waals surface area contributed by atoms with E-state index < -0.39 is 53.8 Å². The number of amides is 3. The minimum Gasteiger partial charge on any atom is -0.480 e. The van der Waals surface area contributed by atoms with Crippen LogP contribution >= 0.6 is 0 Å². The second-order valence-electron chi connectivity index (χ2n) is 8.49. The number of unbranched alkanes of at least 4 members (excludes halogenated alkanes) is 3. The van der Waals surface area contributed by atoms with Gasteiger partial charge in [0.15, 0.2) is 0 Å². The van der Waals surface area contributed by atoms with Crippen LogP contribution < -0.4 is 21.7 Å². The van der Waals surface area contributed by atoms with Crippen LogP contribution in [-0.4, -0.2) is 64.0 Å². The van der Waals surface area contributed by atoms with Crippen molar-refractivity contribution in [1.82, 2.24) is 16.0 Å². The molecule has 3 amide bonds. The third kappa shape index (κ3) is 13.1. The highest BCUT2D eigenvalue weighted by Crippen LogP contribution is 2.08. The van der Waals surface area contributed by atoms with Gasteiger partial charge in [-0.15, -0.1) is 0 Å². The maximum atomic E-state index is 13.0. The highest BCUT2D eigenvalue weighted by atomic mass is 16.4. The predicted octanol–water partition coefficient (Wildman–Crippen LogP) is 1.29. The molecule has 7 N–H and O–H groups in total. The van der Waals surface area contributed by atoms with Crippen molar-refractivity contribution < 1.29 is 34.2 Å². The number of hydrogen-bond acceptors (Lipinski definition) is 6. The average Bonchev–Trinajstić information content (AvgIpc) is 2.79. The summed E-state index contributed by atoms with van der Waals surface area (Å²) < 4.78 is 0. The molecule has 0 bridgehead atoms. The zero-order valence-electron chi connectivity index (χ0n) is 20.6. The van der Waals surface area contributed by atoms with Gasteiger partial charge in [-0.2, -0.15) is 0 Å². The normalized spacial score (nSPS) is 14.4. The maximum absolute atomic E-state index is 13.0. The van der Waals surface area contributed by atoms with Gasteiger partial charge in [0.1, 0.15) is 24.2 Å². The van der Waals surface area contributed by atoms with Gasteiger partial charge in [0.05, 0.1) is 0 Å². The van der Waals surface area contributed by atoms with Gasteiger partial charge in [-0.1, -0.05) is 59.3 Å². The van der Waals surface area contributed by atoms with Gasteiger partial charge in [-0.25, -0.2) is 4.79 Å². The fraction of sp³-hybridized carbons (Fsp3) is 0.783. The van der Waals surface area contributed by atoms with Crippen LogP contribution in [0.1, 0.15) is 91.4 Å². The number of rotatable bonds is 19. The SMILES string of the molecule is CCCC[C@H](NC(=O)[C@H](CCCC)NC(=O)[C@H](CCCC)NC(=O)CC[C@H](N)C(=O)O)C(=O)O. The number of hydrogen-bond donors (Lipinski definition) is 6. The Balaban J connectivity index is 5.28. The molecule has 0 aromatic rings. The molecule has 0 fully saturated rings. The van der Waals surface area contributed by atoms with Crippen molar-refractivity contribution in [2.75, 3.05) is 0 Å². The number of carboxylic acid groups (broad SMARTS) is 2. The van der Waals surface area contributed by atoms with E-state index in [-0.39, 0.29) is 12.8 Å². The Labute approximate surface area is 201 Å². The van der Waals surface area contributed by atoms with Crippen LogP contribution in [0, 0.1) is 0 Å².